The predicted molar refractivity (Wildman–Crippen MR) is 65.2 cm³/mol. The molecule has 1 fully saturated rings. The molecule has 1 N–H and O–H groups in total. The van der Waals surface area contributed by atoms with Crippen LogP contribution >= 0.6 is 24.0 Å². The van der Waals surface area contributed by atoms with E-state index < -0.39 is 0 Å². The Hall–Kier alpha value is -0.440. The molecule has 84 valence electrons. The van der Waals surface area contributed by atoms with Gasteiger partial charge in [0.2, 0.25) is 0 Å². The topological polar surface area (TPSA) is 21.3 Å². The number of nitrogens with one attached hydrogen (secondary N) is 1. The molecule has 1 atom stereocenters. The normalized spacial score (nSPS) is 19.7. The summed E-state index contributed by atoms with van der Waals surface area (Å²) in [6.45, 7) is 1.08. The van der Waals surface area contributed by atoms with E-state index in [0.717, 1.165) is 29.3 Å². The van der Waals surface area contributed by atoms with Gasteiger partial charge in [0.25, 0.3) is 0 Å². The standard InChI is InChI=1S/C11H14ClNO.ClH/c1-14-8-4-5-10(12)9(7-8)11-3-2-6-13-11;/h4-5,7,11,13H,2-3,6H2,1H3;1H/t11-;/m1./s1. The summed E-state index contributed by atoms with van der Waals surface area (Å²) in [5, 5.41) is 4.25. The van der Waals surface area contributed by atoms with Crippen molar-refractivity contribution >= 4 is 24.0 Å². The van der Waals surface area contributed by atoms with Crippen LogP contribution in [0.3, 0.4) is 0 Å². The van der Waals surface area contributed by atoms with E-state index >= 15 is 0 Å². The van der Waals surface area contributed by atoms with Crippen LogP contribution in [0.4, 0.5) is 0 Å². The minimum atomic E-state index is 0. The molecule has 15 heavy (non-hydrogen) atoms. The Morgan fingerprint density at radius 2 is 2.27 bits per heavy atom. The summed E-state index contributed by atoms with van der Waals surface area (Å²) in [5.41, 5.74) is 1.16. The van der Waals surface area contributed by atoms with Crippen LogP contribution in [0.1, 0.15) is 24.4 Å². The lowest BCUT2D eigenvalue weighted by Crippen LogP contribution is -2.13. The van der Waals surface area contributed by atoms with Crippen molar-refractivity contribution in [2.75, 3.05) is 13.7 Å². The van der Waals surface area contributed by atoms with Crippen LogP contribution in [0.2, 0.25) is 5.02 Å². The first-order valence-corrected chi connectivity index (χ1v) is 5.26. The van der Waals surface area contributed by atoms with Crippen LogP contribution in [0.5, 0.6) is 5.75 Å². The van der Waals surface area contributed by atoms with Gasteiger partial charge in [-0.1, -0.05) is 11.6 Å². The van der Waals surface area contributed by atoms with E-state index in [0.29, 0.717) is 6.04 Å². The van der Waals surface area contributed by atoms with E-state index in [4.69, 9.17) is 16.3 Å². The molecule has 0 amide bonds. The van der Waals surface area contributed by atoms with Crippen molar-refractivity contribution < 1.29 is 4.74 Å². The average molecular weight is 248 g/mol. The molecule has 0 radical (unpaired) electrons. The van der Waals surface area contributed by atoms with Crippen molar-refractivity contribution in [1.29, 1.82) is 0 Å². The Kier molecular flexibility index (Phi) is 4.71. The smallest absolute Gasteiger partial charge is 0.119 e. The van der Waals surface area contributed by atoms with E-state index in [9.17, 15) is 0 Å². The molecule has 1 aromatic carbocycles. The van der Waals surface area contributed by atoms with E-state index in [1.165, 1.54) is 6.42 Å². The quantitative estimate of drug-likeness (QED) is 0.867. The van der Waals surface area contributed by atoms with Crippen LogP contribution < -0.4 is 10.1 Å². The number of methoxy groups -OCH3 is 1. The third-order valence-corrected chi connectivity index (χ3v) is 2.98. The lowest BCUT2D eigenvalue weighted by Gasteiger charge is -2.13. The molecule has 1 heterocycles. The summed E-state index contributed by atoms with van der Waals surface area (Å²) >= 11 is 6.14. The number of hydrogen-bond donors (Lipinski definition) is 1. The lowest BCUT2D eigenvalue weighted by atomic mass is 10.1. The first kappa shape index (κ1) is 12.6. The molecule has 2 rings (SSSR count). The van der Waals surface area contributed by atoms with E-state index in [2.05, 4.69) is 5.32 Å². The zero-order chi connectivity index (χ0) is 9.97. The summed E-state index contributed by atoms with van der Waals surface area (Å²) < 4.78 is 5.18. The van der Waals surface area contributed by atoms with Crippen molar-refractivity contribution in [3.63, 3.8) is 0 Å². The highest BCUT2D eigenvalue weighted by molar-refractivity contribution is 6.31. The van der Waals surface area contributed by atoms with Gasteiger partial charge in [0, 0.05) is 11.1 Å². The first-order chi connectivity index (χ1) is 6.81. The van der Waals surface area contributed by atoms with E-state index in [-0.39, 0.29) is 12.4 Å². The highest BCUT2D eigenvalue weighted by Gasteiger charge is 2.18. The molecular formula is C11H15Cl2NO. The van der Waals surface area contributed by atoms with Gasteiger partial charge in [-0.05, 0) is 43.1 Å². The minimum absolute atomic E-state index is 0. The molecule has 0 bridgehead atoms. The largest absolute Gasteiger partial charge is 0.497 e. The highest BCUT2D eigenvalue weighted by Crippen LogP contribution is 2.31. The maximum Gasteiger partial charge on any atom is 0.119 e. The van der Waals surface area contributed by atoms with Crippen molar-refractivity contribution in [2.45, 2.75) is 18.9 Å². The SMILES string of the molecule is COc1ccc(Cl)c([C@H]2CCCN2)c1.Cl. The van der Waals surface area contributed by atoms with Crippen LogP contribution in [0, 0.1) is 0 Å². The van der Waals surface area contributed by atoms with E-state index in [1.807, 2.05) is 18.2 Å². The molecule has 0 aliphatic carbocycles. The number of halogens is 2. The molecule has 0 saturated carbocycles. The van der Waals surface area contributed by atoms with E-state index in [1.54, 1.807) is 7.11 Å². The third-order valence-electron chi connectivity index (χ3n) is 2.64. The van der Waals surface area contributed by atoms with Gasteiger partial charge in [0.05, 0.1) is 7.11 Å². The molecule has 1 aromatic rings. The second kappa shape index (κ2) is 5.59. The van der Waals surface area contributed by atoms with Crippen LogP contribution in [-0.4, -0.2) is 13.7 Å². The molecule has 4 heteroatoms. The Balaban J connectivity index is 0.00000112. The van der Waals surface area contributed by atoms with Crippen LogP contribution in [0.15, 0.2) is 18.2 Å². The summed E-state index contributed by atoms with van der Waals surface area (Å²) in [4.78, 5) is 0. The molecule has 1 saturated heterocycles. The fraction of sp³-hybridized carbons (Fsp3) is 0.455. The third kappa shape index (κ3) is 2.77. The number of ether oxygens (including phenoxy) is 1. The molecule has 2 nitrogen and oxygen atoms in total. The Labute approximate surface area is 101 Å². The van der Waals surface area contributed by atoms with Gasteiger partial charge in [0.15, 0.2) is 0 Å². The zero-order valence-corrected chi connectivity index (χ0v) is 10.2. The number of rotatable bonds is 2. The molecule has 0 spiro atoms. The summed E-state index contributed by atoms with van der Waals surface area (Å²) in [5.74, 6) is 0.873. The van der Waals surface area contributed by atoms with Gasteiger partial charge < -0.3 is 10.1 Å². The molecular weight excluding hydrogens is 233 g/mol. The van der Waals surface area contributed by atoms with Gasteiger partial charge >= 0.3 is 0 Å². The highest BCUT2D eigenvalue weighted by atomic mass is 35.5. The second-order valence-corrected chi connectivity index (χ2v) is 3.94. The van der Waals surface area contributed by atoms with Crippen molar-refractivity contribution in [2.24, 2.45) is 0 Å². The maximum atomic E-state index is 6.14. The van der Waals surface area contributed by atoms with Crippen molar-refractivity contribution in [3.8, 4) is 5.75 Å². The number of hydrogen-bond acceptors (Lipinski definition) is 2. The Bertz CT molecular complexity index is 324. The Morgan fingerprint density at radius 1 is 1.47 bits per heavy atom. The zero-order valence-electron chi connectivity index (χ0n) is 8.63. The molecule has 1 aliphatic rings. The predicted octanol–water partition coefficient (Wildman–Crippen LogP) is 3.19. The molecule has 0 aromatic heterocycles. The number of benzene rings is 1. The van der Waals surface area contributed by atoms with Crippen molar-refractivity contribution in [3.05, 3.63) is 28.8 Å². The Morgan fingerprint density at radius 3 is 2.87 bits per heavy atom. The summed E-state index contributed by atoms with van der Waals surface area (Å²) in [6.07, 6.45) is 2.38. The molecule has 1 aliphatic heterocycles. The van der Waals surface area contributed by atoms with Crippen LogP contribution in [-0.2, 0) is 0 Å². The fourth-order valence-electron chi connectivity index (χ4n) is 1.87. The fourth-order valence-corrected chi connectivity index (χ4v) is 2.12. The first-order valence-electron chi connectivity index (χ1n) is 4.88. The minimum Gasteiger partial charge on any atom is -0.497 e. The monoisotopic (exact) mass is 247 g/mol. The lowest BCUT2D eigenvalue weighted by molar-refractivity contribution is 0.413. The summed E-state index contributed by atoms with van der Waals surface area (Å²) in [7, 11) is 1.68. The second-order valence-electron chi connectivity index (χ2n) is 3.54. The summed E-state index contributed by atoms with van der Waals surface area (Å²) in [6, 6.07) is 6.21. The van der Waals surface area contributed by atoms with Gasteiger partial charge in [-0.2, -0.15) is 0 Å². The van der Waals surface area contributed by atoms with Gasteiger partial charge in [-0.25, -0.2) is 0 Å². The maximum absolute atomic E-state index is 6.14. The average Bonchev–Trinajstić information content (AvgIpc) is 2.71. The van der Waals surface area contributed by atoms with Crippen molar-refractivity contribution in [1.82, 2.24) is 5.32 Å². The van der Waals surface area contributed by atoms with Gasteiger partial charge in [-0.3, -0.25) is 0 Å². The van der Waals surface area contributed by atoms with Crippen LogP contribution in [0.25, 0.3) is 0 Å². The molecule has 0 unspecified atom stereocenters. The van der Waals surface area contributed by atoms with Gasteiger partial charge in [-0.15, -0.1) is 12.4 Å². The van der Waals surface area contributed by atoms with Gasteiger partial charge in [0.1, 0.15) is 5.75 Å².